The highest BCUT2D eigenvalue weighted by molar-refractivity contribution is 5.39. The number of alkyl halides is 1. The van der Waals surface area contributed by atoms with Crippen LogP contribution in [0, 0.1) is 6.92 Å². The predicted octanol–water partition coefficient (Wildman–Crippen LogP) is 1.72. The number of hydrogen-bond acceptors (Lipinski definition) is 3. The van der Waals surface area contributed by atoms with E-state index in [9.17, 15) is 4.39 Å². The van der Waals surface area contributed by atoms with Crippen LogP contribution in [0.3, 0.4) is 0 Å². The van der Waals surface area contributed by atoms with Crippen LogP contribution in [0.1, 0.15) is 18.5 Å². The van der Waals surface area contributed by atoms with Gasteiger partial charge in [0.1, 0.15) is 18.3 Å². The van der Waals surface area contributed by atoms with Gasteiger partial charge in [-0.3, -0.25) is 0 Å². The summed E-state index contributed by atoms with van der Waals surface area (Å²) in [5.74, 6) is 0.847. The molecule has 1 saturated heterocycles. The summed E-state index contributed by atoms with van der Waals surface area (Å²) in [5.41, 5.74) is 0.927. The molecule has 0 spiro atoms. The Hall–Kier alpha value is -1.19. The largest absolute Gasteiger partial charge is 0.354 e. The SMILES string of the molecule is Cc1cc(N2CCCC(F)C2)ncn1. The van der Waals surface area contributed by atoms with Crippen molar-refractivity contribution < 1.29 is 4.39 Å². The molecule has 1 atom stereocenters. The van der Waals surface area contributed by atoms with Gasteiger partial charge in [-0.25, -0.2) is 14.4 Å². The van der Waals surface area contributed by atoms with Gasteiger partial charge >= 0.3 is 0 Å². The van der Waals surface area contributed by atoms with Gasteiger partial charge in [0, 0.05) is 18.3 Å². The molecule has 0 aliphatic carbocycles. The zero-order chi connectivity index (χ0) is 9.97. The van der Waals surface area contributed by atoms with Crippen LogP contribution in [-0.4, -0.2) is 29.2 Å². The molecule has 2 rings (SSSR count). The molecule has 2 heterocycles. The number of piperidine rings is 1. The van der Waals surface area contributed by atoms with E-state index in [1.807, 2.05) is 17.9 Å². The summed E-state index contributed by atoms with van der Waals surface area (Å²) >= 11 is 0. The lowest BCUT2D eigenvalue weighted by molar-refractivity contribution is 0.286. The second-order valence-corrected chi connectivity index (χ2v) is 3.70. The fourth-order valence-corrected chi connectivity index (χ4v) is 1.75. The van der Waals surface area contributed by atoms with Crippen molar-refractivity contribution in [2.24, 2.45) is 0 Å². The summed E-state index contributed by atoms with van der Waals surface area (Å²) in [6.45, 7) is 3.29. The summed E-state index contributed by atoms with van der Waals surface area (Å²) in [7, 11) is 0. The maximum absolute atomic E-state index is 13.1. The lowest BCUT2D eigenvalue weighted by atomic mass is 10.1. The van der Waals surface area contributed by atoms with E-state index in [1.54, 1.807) is 0 Å². The molecule has 76 valence electrons. The van der Waals surface area contributed by atoms with Gasteiger partial charge < -0.3 is 4.90 Å². The van der Waals surface area contributed by atoms with Crippen molar-refractivity contribution in [1.29, 1.82) is 0 Å². The van der Waals surface area contributed by atoms with E-state index in [4.69, 9.17) is 0 Å². The monoisotopic (exact) mass is 195 g/mol. The zero-order valence-corrected chi connectivity index (χ0v) is 8.28. The second kappa shape index (κ2) is 3.90. The highest BCUT2D eigenvalue weighted by atomic mass is 19.1. The fraction of sp³-hybridized carbons (Fsp3) is 0.600. The van der Waals surface area contributed by atoms with E-state index in [1.165, 1.54) is 6.33 Å². The van der Waals surface area contributed by atoms with Crippen LogP contribution in [0.4, 0.5) is 10.2 Å². The molecule has 1 aliphatic heterocycles. The maximum atomic E-state index is 13.1. The molecule has 0 aromatic carbocycles. The predicted molar refractivity (Wildman–Crippen MR) is 53.1 cm³/mol. The third-order valence-corrected chi connectivity index (χ3v) is 2.48. The molecule has 4 heteroatoms. The van der Waals surface area contributed by atoms with E-state index >= 15 is 0 Å². The topological polar surface area (TPSA) is 29.0 Å². The lowest BCUT2D eigenvalue weighted by Gasteiger charge is -2.29. The van der Waals surface area contributed by atoms with Crippen LogP contribution in [-0.2, 0) is 0 Å². The van der Waals surface area contributed by atoms with E-state index in [2.05, 4.69) is 9.97 Å². The summed E-state index contributed by atoms with van der Waals surface area (Å²) in [6, 6.07) is 1.90. The Morgan fingerprint density at radius 1 is 1.50 bits per heavy atom. The molecule has 1 aromatic rings. The number of hydrogen-bond donors (Lipinski definition) is 0. The van der Waals surface area contributed by atoms with Gasteiger partial charge in [0.05, 0.1) is 6.54 Å². The quantitative estimate of drug-likeness (QED) is 0.683. The molecular weight excluding hydrogens is 181 g/mol. The van der Waals surface area contributed by atoms with Gasteiger partial charge in [-0.2, -0.15) is 0 Å². The Labute approximate surface area is 83.0 Å². The fourth-order valence-electron chi connectivity index (χ4n) is 1.75. The first-order chi connectivity index (χ1) is 6.75. The van der Waals surface area contributed by atoms with Crippen LogP contribution in [0.2, 0.25) is 0 Å². The Bertz CT molecular complexity index is 316. The highest BCUT2D eigenvalue weighted by Crippen LogP contribution is 2.19. The first-order valence-corrected chi connectivity index (χ1v) is 4.93. The summed E-state index contributed by atoms with van der Waals surface area (Å²) in [5, 5.41) is 0. The minimum Gasteiger partial charge on any atom is -0.354 e. The normalized spacial score (nSPS) is 22.4. The van der Waals surface area contributed by atoms with Crippen molar-refractivity contribution >= 4 is 5.82 Å². The zero-order valence-electron chi connectivity index (χ0n) is 8.28. The third kappa shape index (κ3) is 2.00. The Morgan fingerprint density at radius 2 is 2.36 bits per heavy atom. The van der Waals surface area contributed by atoms with Crippen molar-refractivity contribution in [1.82, 2.24) is 9.97 Å². The van der Waals surface area contributed by atoms with Crippen molar-refractivity contribution in [3.8, 4) is 0 Å². The molecule has 0 amide bonds. The maximum Gasteiger partial charge on any atom is 0.132 e. The van der Waals surface area contributed by atoms with E-state index in [-0.39, 0.29) is 0 Å². The first-order valence-electron chi connectivity index (χ1n) is 4.93. The van der Waals surface area contributed by atoms with Crippen LogP contribution in [0.25, 0.3) is 0 Å². The average Bonchev–Trinajstić information content (AvgIpc) is 2.18. The molecular formula is C10H14FN3. The van der Waals surface area contributed by atoms with Crippen molar-refractivity contribution in [3.63, 3.8) is 0 Å². The molecule has 1 aliphatic rings. The third-order valence-electron chi connectivity index (χ3n) is 2.48. The van der Waals surface area contributed by atoms with Crippen molar-refractivity contribution in [2.75, 3.05) is 18.0 Å². The Balaban J connectivity index is 2.14. The molecule has 0 N–H and O–H groups in total. The molecule has 14 heavy (non-hydrogen) atoms. The van der Waals surface area contributed by atoms with Gasteiger partial charge in [-0.1, -0.05) is 0 Å². The molecule has 0 bridgehead atoms. The van der Waals surface area contributed by atoms with Gasteiger partial charge in [0.25, 0.3) is 0 Å². The van der Waals surface area contributed by atoms with Gasteiger partial charge in [-0.05, 0) is 19.8 Å². The molecule has 0 radical (unpaired) electrons. The number of nitrogens with zero attached hydrogens (tertiary/aromatic N) is 3. The van der Waals surface area contributed by atoms with E-state index in [0.29, 0.717) is 13.0 Å². The summed E-state index contributed by atoms with van der Waals surface area (Å²) in [6.07, 6.45) is 2.41. The highest BCUT2D eigenvalue weighted by Gasteiger charge is 2.19. The van der Waals surface area contributed by atoms with Crippen LogP contribution in [0.5, 0.6) is 0 Å². The Morgan fingerprint density at radius 3 is 3.07 bits per heavy atom. The number of rotatable bonds is 1. The average molecular weight is 195 g/mol. The van der Waals surface area contributed by atoms with E-state index in [0.717, 1.165) is 24.5 Å². The number of halogens is 1. The molecule has 1 unspecified atom stereocenters. The minimum atomic E-state index is -0.709. The summed E-state index contributed by atoms with van der Waals surface area (Å²) < 4.78 is 13.1. The first kappa shape index (κ1) is 9.37. The van der Waals surface area contributed by atoms with Gasteiger partial charge in [0.2, 0.25) is 0 Å². The number of aryl methyl sites for hydroxylation is 1. The smallest absolute Gasteiger partial charge is 0.132 e. The minimum absolute atomic E-state index is 0.469. The van der Waals surface area contributed by atoms with Crippen molar-refractivity contribution in [3.05, 3.63) is 18.1 Å². The second-order valence-electron chi connectivity index (χ2n) is 3.70. The molecule has 3 nitrogen and oxygen atoms in total. The standard InChI is InChI=1S/C10H14FN3/c1-8-5-10(13-7-12-8)14-4-2-3-9(11)6-14/h5,7,9H,2-4,6H2,1H3. The Kier molecular flexibility index (Phi) is 2.61. The molecule has 1 aromatic heterocycles. The number of aromatic nitrogens is 2. The van der Waals surface area contributed by atoms with Crippen LogP contribution >= 0.6 is 0 Å². The lowest BCUT2D eigenvalue weighted by Crippen LogP contribution is -2.36. The van der Waals surface area contributed by atoms with Crippen LogP contribution < -0.4 is 4.90 Å². The van der Waals surface area contributed by atoms with Crippen molar-refractivity contribution in [2.45, 2.75) is 25.9 Å². The molecule has 0 saturated carbocycles. The van der Waals surface area contributed by atoms with Crippen LogP contribution in [0.15, 0.2) is 12.4 Å². The van der Waals surface area contributed by atoms with Gasteiger partial charge in [-0.15, -0.1) is 0 Å². The van der Waals surface area contributed by atoms with Gasteiger partial charge in [0.15, 0.2) is 0 Å². The summed E-state index contributed by atoms with van der Waals surface area (Å²) in [4.78, 5) is 10.2. The molecule has 1 fully saturated rings. The van der Waals surface area contributed by atoms with E-state index < -0.39 is 6.17 Å². The number of anilines is 1.